The van der Waals surface area contributed by atoms with Crippen molar-refractivity contribution in [1.82, 2.24) is 10.3 Å². The lowest BCUT2D eigenvalue weighted by Crippen LogP contribution is -2.35. The standard InChI is InChI=1S/C16H20N2/c1-13-9-14(11-17-10-13)12-18-16(2,3)15-7-5-4-6-8-15/h4-11,18H,12H2,1-3H3. The van der Waals surface area contributed by atoms with Crippen LogP contribution < -0.4 is 5.32 Å². The Morgan fingerprint density at radius 2 is 1.83 bits per heavy atom. The van der Waals surface area contributed by atoms with Gasteiger partial charge in [0, 0.05) is 24.5 Å². The summed E-state index contributed by atoms with van der Waals surface area (Å²) in [6, 6.07) is 12.7. The summed E-state index contributed by atoms with van der Waals surface area (Å²) < 4.78 is 0. The molecule has 0 fully saturated rings. The molecule has 0 saturated carbocycles. The average Bonchev–Trinajstić information content (AvgIpc) is 2.38. The first kappa shape index (κ1) is 12.8. The normalized spacial score (nSPS) is 11.5. The van der Waals surface area contributed by atoms with Crippen molar-refractivity contribution < 1.29 is 0 Å². The van der Waals surface area contributed by atoms with Gasteiger partial charge < -0.3 is 5.32 Å². The molecule has 0 radical (unpaired) electrons. The maximum absolute atomic E-state index is 4.22. The Hall–Kier alpha value is -1.67. The lowest BCUT2D eigenvalue weighted by Gasteiger charge is -2.27. The van der Waals surface area contributed by atoms with Crippen LogP contribution in [0.15, 0.2) is 48.8 Å². The van der Waals surface area contributed by atoms with Crippen molar-refractivity contribution in [2.75, 3.05) is 0 Å². The van der Waals surface area contributed by atoms with Crippen molar-refractivity contribution in [3.8, 4) is 0 Å². The second kappa shape index (κ2) is 5.32. The molecule has 2 aromatic rings. The number of benzene rings is 1. The van der Waals surface area contributed by atoms with Crippen LogP contribution >= 0.6 is 0 Å². The molecule has 18 heavy (non-hydrogen) atoms. The van der Waals surface area contributed by atoms with Gasteiger partial charge >= 0.3 is 0 Å². The van der Waals surface area contributed by atoms with Crippen molar-refractivity contribution in [3.63, 3.8) is 0 Å². The van der Waals surface area contributed by atoms with Gasteiger partial charge in [0.1, 0.15) is 0 Å². The van der Waals surface area contributed by atoms with Crippen molar-refractivity contribution in [1.29, 1.82) is 0 Å². The van der Waals surface area contributed by atoms with E-state index in [2.05, 4.69) is 61.4 Å². The summed E-state index contributed by atoms with van der Waals surface area (Å²) in [5.41, 5.74) is 3.68. The maximum Gasteiger partial charge on any atom is 0.0380 e. The molecular formula is C16H20N2. The third kappa shape index (κ3) is 3.17. The van der Waals surface area contributed by atoms with Crippen molar-refractivity contribution in [2.24, 2.45) is 0 Å². The van der Waals surface area contributed by atoms with Gasteiger partial charge in [-0.25, -0.2) is 0 Å². The van der Waals surface area contributed by atoms with Crippen LogP contribution in [0.3, 0.4) is 0 Å². The Morgan fingerprint density at radius 3 is 2.50 bits per heavy atom. The molecule has 0 aliphatic carbocycles. The molecule has 2 rings (SSSR count). The highest BCUT2D eigenvalue weighted by molar-refractivity contribution is 5.23. The summed E-state index contributed by atoms with van der Waals surface area (Å²) in [4.78, 5) is 4.22. The molecule has 1 aromatic carbocycles. The van der Waals surface area contributed by atoms with Crippen LogP contribution in [0.1, 0.15) is 30.5 Å². The summed E-state index contributed by atoms with van der Waals surface area (Å²) >= 11 is 0. The SMILES string of the molecule is Cc1cncc(CNC(C)(C)c2ccccc2)c1. The summed E-state index contributed by atoms with van der Waals surface area (Å²) in [5, 5.41) is 3.58. The molecule has 94 valence electrons. The first-order valence-corrected chi connectivity index (χ1v) is 6.29. The van der Waals surface area contributed by atoms with Crippen LogP contribution in [0.25, 0.3) is 0 Å². The van der Waals surface area contributed by atoms with Crippen LogP contribution in [0.4, 0.5) is 0 Å². The van der Waals surface area contributed by atoms with E-state index in [1.807, 2.05) is 18.5 Å². The van der Waals surface area contributed by atoms with E-state index in [0.717, 1.165) is 6.54 Å². The highest BCUT2D eigenvalue weighted by Gasteiger charge is 2.18. The van der Waals surface area contributed by atoms with Crippen LogP contribution in [-0.4, -0.2) is 4.98 Å². The zero-order valence-electron chi connectivity index (χ0n) is 11.3. The van der Waals surface area contributed by atoms with Crippen molar-refractivity contribution >= 4 is 0 Å². The number of aromatic nitrogens is 1. The quantitative estimate of drug-likeness (QED) is 0.885. The Labute approximate surface area is 109 Å². The van der Waals surface area contributed by atoms with Crippen molar-refractivity contribution in [3.05, 3.63) is 65.5 Å². The molecule has 0 unspecified atom stereocenters. The van der Waals surface area contributed by atoms with Gasteiger partial charge in [0.2, 0.25) is 0 Å². The van der Waals surface area contributed by atoms with E-state index in [0.29, 0.717) is 0 Å². The number of hydrogen-bond acceptors (Lipinski definition) is 2. The third-order valence-electron chi connectivity index (χ3n) is 3.16. The Morgan fingerprint density at radius 1 is 1.11 bits per heavy atom. The van der Waals surface area contributed by atoms with Gasteiger partial charge in [-0.3, -0.25) is 4.98 Å². The largest absolute Gasteiger partial charge is 0.304 e. The molecule has 1 heterocycles. The molecular weight excluding hydrogens is 220 g/mol. The maximum atomic E-state index is 4.22. The number of aryl methyl sites for hydroxylation is 1. The van der Waals surface area contributed by atoms with Crippen LogP contribution in [0.2, 0.25) is 0 Å². The Bertz CT molecular complexity index is 504. The smallest absolute Gasteiger partial charge is 0.0380 e. The zero-order chi connectivity index (χ0) is 13.0. The predicted octanol–water partition coefficient (Wildman–Crippen LogP) is 3.41. The first-order chi connectivity index (χ1) is 8.58. The number of nitrogens with zero attached hydrogens (tertiary/aromatic N) is 1. The second-order valence-electron chi connectivity index (χ2n) is 5.22. The molecule has 0 amide bonds. The molecule has 0 aliphatic rings. The van der Waals surface area contributed by atoms with E-state index in [4.69, 9.17) is 0 Å². The summed E-state index contributed by atoms with van der Waals surface area (Å²) in [6.07, 6.45) is 3.80. The third-order valence-corrected chi connectivity index (χ3v) is 3.16. The molecule has 0 bridgehead atoms. The van der Waals surface area contributed by atoms with Gasteiger partial charge in [-0.1, -0.05) is 36.4 Å². The van der Waals surface area contributed by atoms with Gasteiger partial charge in [0.05, 0.1) is 0 Å². The minimum absolute atomic E-state index is 0.0367. The Balaban J connectivity index is 2.05. The topological polar surface area (TPSA) is 24.9 Å². The fraction of sp³-hybridized carbons (Fsp3) is 0.312. The minimum atomic E-state index is -0.0367. The monoisotopic (exact) mass is 240 g/mol. The number of rotatable bonds is 4. The van der Waals surface area contributed by atoms with Gasteiger partial charge in [0.15, 0.2) is 0 Å². The van der Waals surface area contributed by atoms with E-state index < -0.39 is 0 Å². The number of hydrogen-bond donors (Lipinski definition) is 1. The van der Waals surface area contributed by atoms with Crippen LogP contribution in [0.5, 0.6) is 0 Å². The average molecular weight is 240 g/mol. The summed E-state index contributed by atoms with van der Waals surface area (Å²) in [5.74, 6) is 0. The van der Waals surface area contributed by atoms with Gasteiger partial charge in [-0.05, 0) is 37.5 Å². The molecule has 0 saturated heterocycles. The fourth-order valence-corrected chi connectivity index (χ4v) is 1.99. The molecule has 1 aromatic heterocycles. The van der Waals surface area contributed by atoms with Gasteiger partial charge in [0.25, 0.3) is 0 Å². The van der Waals surface area contributed by atoms with Crippen LogP contribution in [0, 0.1) is 6.92 Å². The molecule has 0 atom stereocenters. The number of pyridine rings is 1. The minimum Gasteiger partial charge on any atom is -0.304 e. The molecule has 2 heteroatoms. The van der Waals surface area contributed by atoms with E-state index in [9.17, 15) is 0 Å². The zero-order valence-corrected chi connectivity index (χ0v) is 11.3. The highest BCUT2D eigenvalue weighted by Crippen LogP contribution is 2.20. The summed E-state index contributed by atoms with van der Waals surface area (Å²) in [6.45, 7) is 7.30. The molecule has 0 spiro atoms. The Kier molecular flexibility index (Phi) is 3.78. The highest BCUT2D eigenvalue weighted by atomic mass is 15.0. The molecule has 0 aliphatic heterocycles. The predicted molar refractivity (Wildman–Crippen MR) is 75.3 cm³/mol. The molecule has 1 N–H and O–H groups in total. The van der Waals surface area contributed by atoms with E-state index in [1.54, 1.807) is 0 Å². The molecule has 2 nitrogen and oxygen atoms in total. The fourth-order valence-electron chi connectivity index (χ4n) is 1.99. The van der Waals surface area contributed by atoms with Gasteiger partial charge in [-0.2, -0.15) is 0 Å². The van der Waals surface area contributed by atoms with E-state index in [-0.39, 0.29) is 5.54 Å². The number of nitrogens with one attached hydrogen (secondary N) is 1. The van der Waals surface area contributed by atoms with Gasteiger partial charge in [-0.15, -0.1) is 0 Å². The second-order valence-corrected chi connectivity index (χ2v) is 5.22. The lowest BCUT2D eigenvalue weighted by atomic mass is 9.94. The van der Waals surface area contributed by atoms with E-state index >= 15 is 0 Å². The van der Waals surface area contributed by atoms with Crippen LogP contribution in [-0.2, 0) is 12.1 Å². The summed E-state index contributed by atoms with van der Waals surface area (Å²) in [7, 11) is 0. The lowest BCUT2D eigenvalue weighted by molar-refractivity contribution is 0.401. The van der Waals surface area contributed by atoms with E-state index in [1.165, 1.54) is 16.7 Å². The van der Waals surface area contributed by atoms with Crippen molar-refractivity contribution in [2.45, 2.75) is 32.9 Å². The first-order valence-electron chi connectivity index (χ1n) is 6.29.